The number of hydrogen-bond donors (Lipinski definition) is 0. The second-order valence-corrected chi connectivity index (χ2v) is 13.3. The highest BCUT2D eigenvalue weighted by Gasteiger charge is 2.23. The highest BCUT2D eigenvalue weighted by atomic mass is 15.2. The molecule has 4 heterocycles. The summed E-state index contributed by atoms with van der Waals surface area (Å²) in [5.74, 6) is 0.672. The molecule has 0 saturated heterocycles. The van der Waals surface area contributed by atoms with Crippen LogP contribution in [0.1, 0.15) is 0 Å². The summed E-state index contributed by atoms with van der Waals surface area (Å²) in [7, 11) is 0. The number of nitrogens with zero attached hydrogens (tertiary/aromatic N) is 4. The fourth-order valence-electron chi connectivity index (χ4n) is 8.77. The predicted octanol–water partition coefficient (Wildman–Crippen LogP) is 11.9. The van der Waals surface area contributed by atoms with E-state index in [-0.39, 0.29) is 0 Å². The van der Waals surface area contributed by atoms with E-state index in [4.69, 9.17) is 9.97 Å². The molecule has 0 amide bonds. The van der Waals surface area contributed by atoms with E-state index < -0.39 is 0 Å². The predicted molar refractivity (Wildman–Crippen MR) is 209 cm³/mol. The maximum Gasteiger partial charge on any atom is 0.235 e. The van der Waals surface area contributed by atoms with Crippen LogP contribution in [0.5, 0.6) is 0 Å². The van der Waals surface area contributed by atoms with Crippen molar-refractivity contribution in [3.05, 3.63) is 158 Å². The molecule has 50 heavy (non-hydrogen) atoms. The zero-order valence-corrected chi connectivity index (χ0v) is 26.8. The summed E-state index contributed by atoms with van der Waals surface area (Å²) in [6.07, 6.45) is 0. The number of rotatable bonds is 2. The van der Waals surface area contributed by atoms with Crippen molar-refractivity contribution in [2.24, 2.45) is 0 Å². The standard InChI is InChI=1S/C46H26N4/c1-2-12-28(13-3-1)42-37-22-21-27-11-4-5-14-29(27)43(37)48-46(47-42)50-39-20-9-7-16-31(39)34-24-23-32-35(44(34)50)25-26-40-41(32)36-18-10-17-33-30-15-6-8-19-38(30)49(40)45(33)36/h1-26H. The third-order valence-electron chi connectivity index (χ3n) is 10.8. The minimum Gasteiger partial charge on any atom is -0.308 e. The summed E-state index contributed by atoms with van der Waals surface area (Å²) in [4.78, 5) is 10.9. The molecule has 0 bridgehead atoms. The van der Waals surface area contributed by atoms with Gasteiger partial charge >= 0.3 is 0 Å². The zero-order valence-electron chi connectivity index (χ0n) is 26.8. The summed E-state index contributed by atoms with van der Waals surface area (Å²) in [6, 6.07) is 56.8. The van der Waals surface area contributed by atoms with Gasteiger partial charge in [-0.15, -0.1) is 0 Å². The second-order valence-electron chi connectivity index (χ2n) is 13.3. The summed E-state index contributed by atoms with van der Waals surface area (Å²) in [5, 5.41) is 13.3. The van der Waals surface area contributed by atoms with Gasteiger partial charge in [0.1, 0.15) is 0 Å². The van der Waals surface area contributed by atoms with Crippen molar-refractivity contribution in [3.8, 4) is 17.2 Å². The van der Waals surface area contributed by atoms with E-state index in [0.29, 0.717) is 5.95 Å². The number of para-hydroxylation sites is 3. The van der Waals surface area contributed by atoms with E-state index in [0.717, 1.165) is 44.0 Å². The van der Waals surface area contributed by atoms with Crippen LogP contribution < -0.4 is 0 Å². The van der Waals surface area contributed by atoms with Crippen LogP contribution in [0.4, 0.5) is 0 Å². The summed E-state index contributed by atoms with van der Waals surface area (Å²) < 4.78 is 4.76. The van der Waals surface area contributed by atoms with Crippen LogP contribution in [-0.4, -0.2) is 18.9 Å². The van der Waals surface area contributed by atoms with Crippen molar-refractivity contribution in [1.29, 1.82) is 0 Å². The van der Waals surface area contributed by atoms with Crippen molar-refractivity contribution in [3.63, 3.8) is 0 Å². The van der Waals surface area contributed by atoms with E-state index in [1.165, 1.54) is 59.6 Å². The van der Waals surface area contributed by atoms with Gasteiger partial charge in [0, 0.05) is 54.0 Å². The normalized spacial score (nSPS) is 12.4. The van der Waals surface area contributed by atoms with Gasteiger partial charge in [0.2, 0.25) is 5.95 Å². The van der Waals surface area contributed by atoms with Crippen LogP contribution in [0.15, 0.2) is 158 Å². The first kappa shape index (κ1) is 26.2. The smallest absolute Gasteiger partial charge is 0.235 e. The Bertz CT molecular complexity index is 3370. The summed E-state index contributed by atoms with van der Waals surface area (Å²) >= 11 is 0. The molecule has 12 aromatic rings. The zero-order chi connectivity index (χ0) is 32.5. The molecule has 0 saturated carbocycles. The average Bonchev–Trinajstić information content (AvgIpc) is 3.83. The average molecular weight is 635 g/mol. The van der Waals surface area contributed by atoms with Gasteiger partial charge in [0.15, 0.2) is 0 Å². The van der Waals surface area contributed by atoms with E-state index in [9.17, 15) is 0 Å². The van der Waals surface area contributed by atoms with Gasteiger partial charge in [-0.3, -0.25) is 4.57 Å². The molecule has 0 aliphatic rings. The van der Waals surface area contributed by atoms with Crippen molar-refractivity contribution in [1.82, 2.24) is 18.9 Å². The summed E-state index contributed by atoms with van der Waals surface area (Å²) in [6.45, 7) is 0. The van der Waals surface area contributed by atoms with Crippen LogP contribution in [0.3, 0.4) is 0 Å². The van der Waals surface area contributed by atoms with Crippen LogP contribution >= 0.6 is 0 Å². The monoisotopic (exact) mass is 634 g/mol. The molecule has 0 unspecified atom stereocenters. The molecule has 230 valence electrons. The van der Waals surface area contributed by atoms with Crippen LogP contribution in [-0.2, 0) is 0 Å². The van der Waals surface area contributed by atoms with Crippen molar-refractivity contribution < 1.29 is 0 Å². The Hall–Kier alpha value is -6.78. The Morgan fingerprint density at radius 1 is 0.360 bits per heavy atom. The van der Waals surface area contributed by atoms with E-state index in [1.54, 1.807) is 0 Å². The highest BCUT2D eigenvalue weighted by Crippen LogP contribution is 2.44. The second kappa shape index (κ2) is 9.43. The fourth-order valence-corrected chi connectivity index (χ4v) is 8.77. The minimum absolute atomic E-state index is 0.672. The van der Waals surface area contributed by atoms with Gasteiger partial charge in [-0.05, 0) is 35.0 Å². The molecule has 0 atom stereocenters. The molecule has 0 N–H and O–H groups in total. The summed E-state index contributed by atoms with van der Waals surface area (Å²) in [5.41, 5.74) is 8.93. The quantitative estimate of drug-likeness (QED) is 0.177. The third kappa shape index (κ3) is 3.25. The van der Waals surface area contributed by atoms with Crippen LogP contribution in [0.2, 0.25) is 0 Å². The lowest BCUT2D eigenvalue weighted by Crippen LogP contribution is -2.04. The maximum absolute atomic E-state index is 5.45. The lowest BCUT2D eigenvalue weighted by atomic mass is 10.00. The third-order valence-corrected chi connectivity index (χ3v) is 10.8. The Kier molecular flexibility index (Phi) is 4.94. The Labute approximate surface area is 285 Å². The van der Waals surface area contributed by atoms with Crippen LogP contribution in [0.25, 0.3) is 110 Å². The highest BCUT2D eigenvalue weighted by molar-refractivity contribution is 6.31. The molecule has 8 aromatic carbocycles. The number of benzene rings is 8. The molecule has 4 aromatic heterocycles. The maximum atomic E-state index is 5.45. The van der Waals surface area contributed by atoms with E-state index in [1.807, 2.05) is 0 Å². The largest absolute Gasteiger partial charge is 0.308 e. The van der Waals surface area contributed by atoms with Gasteiger partial charge in [0.25, 0.3) is 0 Å². The molecule has 0 radical (unpaired) electrons. The molecule has 0 aliphatic heterocycles. The SMILES string of the molecule is c1ccc(-c2nc(-n3c4ccccc4c4ccc5c(ccc6c5c5cccc7c8ccccc8n6c75)c43)nc3c2ccc2ccccc23)cc1. The molecule has 4 nitrogen and oxygen atoms in total. The van der Waals surface area contributed by atoms with E-state index in [2.05, 4.69) is 167 Å². The molecular formula is C46H26N4. The minimum atomic E-state index is 0.672. The lowest BCUT2D eigenvalue weighted by Gasteiger charge is -2.14. The molecule has 0 aliphatic carbocycles. The molecular weight excluding hydrogens is 609 g/mol. The van der Waals surface area contributed by atoms with Gasteiger partial charge in [-0.2, -0.15) is 0 Å². The van der Waals surface area contributed by atoms with Gasteiger partial charge in [-0.25, -0.2) is 9.97 Å². The molecule has 0 spiro atoms. The van der Waals surface area contributed by atoms with Gasteiger partial charge in [-0.1, -0.05) is 133 Å². The Balaban J connectivity index is 1.27. The van der Waals surface area contributed by atoms with E-state index >= 15 is 0 Å². The Morgan fingerprint density at radius 3 is 1.86 bits per heavy atom. The topological polar surface area (TPSA) is 35.1 Å². The van der Waals surface area contributed by atoms with Crippen molar-refractivity contribution in [2.45, 2.75) is 0 Å². The number of aromatic nitrogens is 4. The number of hydrogen-bond acceptors (Lipinski definition) is 2. The number of fused-ring (bicyclic) bond motifs is 15. The lowest BCUT2D eigenvalue weighted by molar-refractivity contribution is 1.02. The van der Waals surface area contributed by atoms with Gasteiger partial charge in [0.05, 0.1) is 38.8 Å². The van der Waals surface area contributed by atoms with Crippen molar-refractivity contribution >= 4 is 92.3 Å². The van der Waals surface area contributed by atoms with Crippen LogP contribution in [0, 0.1) is 0 Å². The first-order valence-corrected chi connectivity index (χ1v) is 17.1. The molecule has 0 fully saturated rings. The first-order chi connectivity index (χ1) is 24.8. The first-order valence-electron chi connectivity index (χ1n) is 17.1. The fraction of sp³-hybridized carbons (Fsp3) is 0. The molecule has 4 heteroatoms. The molecule has 12 rings (SSSR count). The Morgan fingerprint density at radius 2 is 0.980 bits per heavy atom. The van der Waals surface area contributed by atoms with Gasteiger partial charge < -0.3 is 4.40 Å². The van der Waals surface area contributed by atoms with Crippen molar-refractivity contribution in [2.75, 3.05) is 0 Å².